The molecule has 152 valence electrons. The number of non-ortho nitro benzene ring substituents is 1. The number of hydrogen-bond acceptors (Lipinski definition) is 8. The lowest BCUT2D eigenvalue weighted by molar-refractivity contribution is -0.384. The molecule has 0 saturated heterocycles. The minimum atomic E-state index is -5.13. The average Bonchev–Trinajstić information content (AvgIpc) is 3.38. The first-order chi connectivity index (χ1) is 13.7. The van der Waals surface area contributed by atoms with Crippen LogP contribution < -0.4 is 0 Å². The SMILES string of the molecule is CC(c1c[nH]nn1)C(OC(=O)c1ccc([N+](=O)[O-])cc1)(c1c[nH]nn1)C(F)(F)F. The number of alkyl halides is 3. The molecule has 0 aliphatic carbocycles. The van der Waals surface area contributed by atoms with E-state index in [1.165, 1.54) is 0 Å². The highest BCUT2D eigenvalue weighted by molar-refractivity contribution is 5.90. The lowest BCUT2D eigenvalue weighted by Crippen LogP contribution is -2.50. The Morgan fingerprint density at radius 2 is 1.76 bits per heavy atom. The Bertz CT molecular complexity index is 990. The molecule has 14 heteroatoms. The van der Waals surface area contributed by atoms with Gasteiger partial charge in [-0.3, -0.25) is 20.3 Å². The minimum Gasteiger partial charge on any atom is -0.438 e. The second-order valence-corrected chi connectivity index (χ2v) is 5.91. The molecule has 0 aliphatic rings. The molecule has 2 unspecified atom stereocenters. The molecule has 0 aliphatic heterocycles. The van der Waals surface area contributed by atoms with E-state index in [1.54, 1.807) is 0 Å². The third kappa shape index (κ3) is 3.51. The summed E-state index contributed by atoms with van der Waals surface area (Å²) in [6.45, 7) is 1.14. The van der Waals surface area contributed by atoms with E-state index in [2.05, 4.69) is 30.8 Å². The highest BCUT2D eigenvalue weighted by Crippen LogP contribution is 2.50. The minimum absolute atomic E-state index is 0.137. The van der Waals surface area contributed by atoms with E-state index >= 15 is 0 Å². The van der Waals surface area contributed by atoms with Gasteiger partial charge in [0.15, 0.2) is 0 Å². The van der Waals surface area contributed by atoms with Crippen LogP contribution in [0.25, 0.3) is 0 Å². The summed E-state index contributed by atoms with van der Waals surface area (Å²) < 4.78 is 47.9. The molecule has 0 amide bonds. The summed E-state index contributed by atoms with van der Waals surface area (Å²) in [5.74, 6) is -2.93. The van der Waals surface area contributed by atoms with Gasteiger partial charge in [0.05, 0.1) is 22.1 Å². The molecule has 29 heavy (non-hydrogen) atoms. The van der Waals surface area contributed by atoms with Gasteiger partial charge in [0.25, 0.3) is 11.3 Å². The molecule has 3 rings (SSSR count). The zero-order chi connectivity index (χ0) is 21.2. The number of carbonyl (C=O) groups is 1. The van der Waals surface area contributed by atoms with Crippen molar-refractivity contribution in [1.82, 2.24) is 30.8 Å². The number of ether oxygens (including phenoxy) is 1. The Labute approximate surface area is 159 Å². The summed E-state index contributed by atoms with van der Waals surface area (Å²) >= 11 is 0. The standard InChI is InChI=1S/C15H12F3N7O4/c1-8(11-6-19-23-21-11)14(15(16,17)18,12-7-20-24-22-12)29-13(26)9-2-4-10(5-3-9)25(27)28/h2-8H,1H3,(H,19,21,23)(H,20,22,24). The van der Waals surface area contributed by atoms with Crippen molar-refractivity contribution >= 4 is 11.7 Å². The highest BCUT2D eigenvalue weighted by atomic mass is 19.4. The van der Waals surface area contributed by atoms with Crippen molar-refractivity contribution in [2.45, 2.75) is 24.6 Å². The molecule has 1 aromatic carbocycles. The molecular formula is C15H12F3N7O4. The summed E-state index contributed by atoms with van der Waals surface area (Å²) in [5.41, 5.74) is -4.75. The number of hydrogen-bond donors (Lipinski definition) is 2. The molecule has 2 N–H and O–H groups in total. The number of nitrogens with zero attached hydrogens (tertiary/aromatic N) is 5. The zero-order valence-electron chi connectivity index (χ0n) is 14.5. The van der Waals surface area contributed by atoms with E-state index in [1.807, 2.05) is 0 Å². The van der Waals surface area contributed by atoms with E-state index in [0.717, 1.165) is 43.6 Å². The van der Waals surface area contributed by atoms with Gasteiger partial charge in [-0.05, 0) is 12.1 Å². The van der Waals surface area contributed by atoms with Crippen LogP contribution in [0, 0.1) is 10.1 Å². The van der Waals surface area contributed by atoms with Crippen molar-refractivity contribution in [1.29, 1.82) is 0 Å². The number of carbonyl (C=O) groups excluding carboxylic acids is 1. The van der Waals surface area contributed by atoms with E-state index in [4.69, 9.17) is 4.74 Å². The Morgan fingerprint density at radius 1 is 1.14 bits per heavy atom. The number of benzene rings is 1. The van der Waals surface area contributed by atoms with Crippen molar-refractivity contribution in [3.8, 4) is 0 Å². The fourth-order valence-electron chi connectivity index (χ4n) is 2.75. The van der Waals surface area contributed by atoms with Crippen molar-refractivity contribution in [3.05, 3.63) is 63.7 Å². The third-order valence-electron chi connectivity index (χ3n) is 4.27. The fourth-order valence-corrected chi connectivity index (χ4v) is 2.75. The first-order valence-electron chi connectivity index (χ1n) is 7.94. The summed E-state index contributed by atoms with van der Waals surface area (Å²) in [6, 6.07) is 3.93. The number of rotatable bonds is 6. The summed E-state index contributed by atoms with van der Waals surface area (Å²) in [6.07, 6.45) is -3.14. The van der Waals surface area contributed by atoms with Gasteiger partial charge in [0.1, 0.15) is 5.69 Å². The van der Waals surface area contributed by atoms with Crippen LogP contribution in [0.4, 0.5) is 18.9 Å². The lowest BCUT2D eigenvalue weighted by Gasteiger charge is -2.37. The van der Waals surface area contributed by atoms with Crippen LogP contribution in [0.2, 0.25) is 0 Å². The smallest absolute Gasteiger partial charge is 0.435 e. The first kappa shape index (κ1) is 19.9. The van der Waals surface area contributed by atoms with Crippen LogP contribution in [0.15, 0.2) is 36.7 Å². The quantitative estimate of drug-likeness (QED) is 0.356. The van der Waals surface area contributed by atoms with Crippen LogP contribution in [-0.2, 0) is 10.3 Å². The number of esters is 1. The van der Waals surface area contributed by atoms with Crippen LogP contribution in [0.1, 0.15) is 34.6 Å². The number of halogens is 3. The van der Waals surface area contributed by atoms with Gasteiger partial charge in [0, 0.05) is 24.5 Å². The van der Waals surface area contributed by atoms with E-state index in [-0.39, 0.29) is 16.9 Å². The van der Waals surface area contributed by atoms with Crippen molar-refractivity contribution in [2.75, 3.05) is 0 Å². The van der Waals surface area contributed by atoms with Crippen molar-refractivity contribution in [2.24, 2.45) is 0 Å². The normalized spacial score (nSPS) is 14.8. The molecule has 0 spiro atoms. The average molecular weight is 411 g/mol. The molecule has 0 radical (unpaired) electrons. The molecule has 0 fully saturated rings. The van der Waals surface area contributed by atoms with Crippen molar-refractivity contribution < 1.29 is 27.6 Å². The van der Waals surface area contributed by atoms with Crippen molar-refractivity contribution in [3.63, 3.8) is 0 Å². The van der Waals surface area contributed by atoms with Crippen LogP contribution in [0.5, 0.6) is 0 Å². The monoisotopic (exact) mass is 411 g/mol. The molecular weight excluding hydrogens is 399 g/mol. The Hall–Kier alpha value is -3.84. The van der Waals surface area contributed by atoms with E-state index in [0.29, 0.717) is 0 Å². The molecule has 2 heterocycles. The predicted molar refractivity (Wildman–Crippen MR) is 87.4 cm³/mol. The predicted octanol–water partition coefficient (Wildman–Crippen LogP) is 2.25. The summed E-state index contributed by atoms with van der Waals surface area (Å²) in [4.78, 5) is 22.6. The Morgan fingerprint density at radius 3 is 2.24 bits per heavy atom. The summed E-state index contributed by atoms with van der Waals surface area (Å²) in [5, 5.41) is 28.9. The molecule has 0 bridgehead atoms. The largest absolute Gasteiger partial charge is 0.438 e. The second-order valence-electron chi connectivity index (χ2n) is 5.91. The number of aromatic nitrogens is 6. The van der Waals surface area contributed by atoms with Gasteiger partial charge in [-0.15, -0.1) is 10.2 Å². The van der Waals surface area contributed by atoms with Gasteiger partial charge < -0.3 is 4.74 Å². The number of nitro benzene ring substituents is 1. The van der Waals surface area contributed by atoms with Gasteiger partial charge >= 0.3 is 12.1 Å². The number of H-pyrrole nitrogens is 2. The second kappa shape index (κ2) is 7.29. The Balaban J connectivity index is 2.07. The maximum Gasteiger partial charge on any atom is 0.435 e. The van der Waals surface area contributed by atoms with Gasteiger partial charge in [-0.2, -0.15) is 13.2 Å². The number of nitrogens with one attached hydrogen (secondary N) is 2. The highest BCUT2D eigenvalue weighted by Gasteiger charge is 2.65. The molecule has 0 saturated carbocycles. The molecule has 11 nitrogen and oxygen atoms in total. The molecule has 2 aromatic heterocycles. The van der Waals surface area contributed by atoms with Crippen LogP contribution in [0.3, 0.4) is 0 Å². The third-order valence-corrected chi connectivity index (χ3v) is 4.27. The van der Waals surface area contributed by atoms with E-state index < -0.39 is 34.3 Å². The first-order valence-corrected chi connectivity index (χ1v) is 7.94. The fraction of sp³-hybridized carbons (Fsp3) is 0.267. The van der Waals surface area contributed by atoms with Gasteiger partial charge in [0.2, 0.25) is 0 Å². The maximum atomic E-state index is 14.3. The Kier molecular flexibility index (Phi) is 5.01. The molecule has 2 atom stereocenters. The van der Waals surface area contributed by atoms with Gasteiger partial charge in [-0.1, -0.05) is 17.4 Å². The summed E-state index contributed by atoms with van der Waals surface area (Å²) in [7, 11) is 0. The number of aromatic amines is 2. The maximum absolute atomic E-state index is 14.3. The molecule has 3 aromatic rings. The topological polar surface area (TPSA) is 153 Å². The number of nitro groups is 1. The van der Waals surface area contributed by atoms with Crippen LogP contribution >= 0.6 is 0 Å². The zero-order valence-corrected chi connectivity index (χ0v) is 14.5. The van der Waals surface area contributed by atoms with E-state index in [9.17, 15) is 28.1 Å². The van der Waals surface area contributed by atoms with Gasteiger partial charge in [-0.25, -0.2) is 4.79 Å². The van der Waals surface area contributed by atoms with Crippen LogP contribution in [-0.4, -0.2) is 47.9 Å². The lowest BCUT2D eigenvalue weighted by atomic mass is 9.83.